The van der Waals surface area contributed by atoms with Crippen molar-refractivity contribution in [3.63, 3.8) is 0 Å². The third kappa shape index (κ3) is 2.64. The van der Waals surface area contributed by atoms with Gasteiger partial charge in [0.25, 0.3) is 0 Å². The SMILES string of the molecule is CCCCCOc1ccc2[nH]c3c(C)c4ccncc4c(C)c3c2c1. The lowest BCUT2D eigenvalue weighted by Gasteiger charge is -2.09. The molecular formula is C22H24N2O. The second kappa shape index (κ2) is 6.40. The van der Waals surface area contributed by atoms with E-state index >= 15 is 0 Å². The molecule has 0 amide bonds. The van der Waals surface area contributed by atoms with Gasteiger partial charge in [0.2, 0.25) is 0 Å². The minimum Gasteiger partial charge on any atom is -0.494 e. The van der Waals surface area contributed by atoms with Gasteiger partial charge in [-0.25, -0.2) is 0 Å². The highest BCUT2D eigenvalue weighted by Gasteiger charge is 2.14. The van der Waals surface area contributed by atoms with E-state index in [0.29, 0.717) is 0 Å². The molecule has 128 valence electrons. The first kappa shape index (κ1) is 15.9. The molecule has 0 aliphatic rings. The average Bonchev–Trinajstić information content (AvgIpc) is 3.02. The first-order valence-electron chi connectivity index (χ1n) is 9.12. The van der Waals surface area contributed by atoms with Crippen LogP contribution >= 0.6 is 0 Å². The second-order valence-electron chi connectivity index (χ2n) is 6.81. The molecule has 3 heteroatoms. The number of unbranched alkanes of at least 4 members (excludes halogenated alkanes) is 2. The molecule has 1 N–H and O–H groups in total. The lowest BCUT2D eigenvalue weighted by atomic mass is 9.97. The number of hydrogen-bond donors (Lipinski definition) is 1. The van der Waals surface area contributed by atoms with E-state index in [1.54, 1.807) is 0 Å². The zero-order chi connectivity index (χ0) is 17.4. The van der Waals surface area contributed by atoms with Crippen LogP contribution in [-0.4, -0.2) is 16.6 Å². The van der Waals surface area contributed by atoms with Gasteiger partial charge in [-0.15, -0.1) is 0 Å². The smallest absolute Gasteiger partial charge is 0.120 e. The third-order valence-corrected chi connectivity index (χ3v) is 5.17. The van der Waals surface area contributed by atoms with E-state index in [4.69, 9.17) is 4.74 Å². The van der Waals surface area contributed by atoms with E-state index < -0.39 is 0 Å². The third-order valence-electron chi connectivity index (χ3n) is 5.17. The highest BCUT2D eigenvalue weighted by molar-refractivity contribution is 6.16. The summed E-state index contributed by atoms with van der Waals surface area (Å²) in [5, 5.41) is 5.01. The van der Waals surface area contributed by atoms with Crippen LogP contribution in [0.25, 0.3) is 32.6 Å². The number of aromatic nitrogens is 2. The summed E-state index contributed by atoms with van der Waals surface area (Å²) in [6, 6.07) is 8.47. The number of benzene rings is 2. The van der Waals surface area contributed by atoms with Gasteiger partial charge in [0.05, 0.1) is 12.1 Å². The first-order chi connectivity index (χ1) is 12.2. The molecule has 0 spiro atoms. The normalized spacial score (nSPS) is 11.6. The molecule has 0 atom stereocenters. The minimum absolute atomic E-state index is 0.784. The van der Waals surface area contributed by atoms with E-state index in [1.807, 2.05) is 12.4 Å². The molecule has 0 radical (unpaired) electrons. The zero-order valence-corrected chi connectivity index (χ0v) is 15.1. The summed E-state index contributed by atoms with van der Waals surface area (Å²) >= 11 is 0. The van der Waals surface area contributed by atoms with Crippen LogP contribution in [0.2, 0.25) is 0 Å². The highest BCUT2D eigenvalue weighted by atomic mass is 16.5. The largest absolute Gasteiger partial charge is 0.494 e. The zero-order valence-electron chi connectivity index (χ0n) is 15.1. The number of aromatic amines is 1. The van der Waals surface area contributed by atoms with Crippen LogP contribution in [0.4, 0.5) is 0 Å². The van der Waals surface area contributed by atoms with Crippen LogP contribution in [-0.2, 0) is 0 Å². The molecule has 0 unspecified atom stereocenters. The number of pyridine rings is 1. The number of nitrogens with zero attached hydrogens (tertiary/aromatic N) is 1. The van der Waals surface area contributed by atoms with Gasteiger partial charge in [-0.05, 0) is 61.0 Å². The second-order valence-corrected chi connectivity index (χ2v) is 6.81. The summed E-state index contributed by atoms with van der Waals surface area (Å²) in [4.78, 5) is 7.93. The Morgan fingerprint density at radius 1 is 1.00 bits per heavy atom. The predicted octanol–water partition coefficient (Wildman–Crippen LogP) is 6.06. The summed E-state index contributed by atoms with van der Waals surface area (Å²) in [7, 11) is 0. The van der Waals surface area contributed by atoms with Crippen LogP contribution in [0, 0.1) is 13.8 Å². The molecule has 0 bridgehead atoms. The number of hydrogen-bond acceptors (Lipinski definition) is 2. The summed E-state index contributed by atoms with van der Waals surface area (Å²) in [6.07, 6.45) is 7.38. The molecule has 0 fully saturated rings. The van der Waals surface area contributed by atoms with Crippen molar-refractivity contribution in [3.8, 4) is 5.75 Å². The van der Waals surface area contributed by atoms with Gasteiger partial charge < -0.3 is 9.72 Å². The lowest BCUT2D eigenvalue weighted by Crippen LogP contribution is -1.96. The van der Waals surface area contributed by atoms with Crippen molar-refractivity contribution in [2.24, 2.45) is 0 Å². The van der Waals surface area contributed by atoms with Gasteiger partial charge in [-0.2, -0.15) is 0 Å². The fraction of sp³-hybridized carbons (Fsp3) is 0.318. The van der Waals surface area contributed by atoms with E-state index in [1.165, 1.54) is 51.0 Å². The maximum atomic E-state index is 5.97. The number of ether oxygens (including phenoxy) is 1. The van der Waals surface area contributed by atoms with E-state index in [0.717, 1.165) is 24.3 Å². The lowest BCUT2D eigenvalue weighted by molar-refractivity contribution is 0.306. The van der Waals surface area contributed by atoms with Gasteiger partial charge in [-0.3, -0.25) is 4.98 Å². The van der Waals surface area contributed by atoms with Crippen molar-refractivity contribution < 1.29 is 4.74 Å². The fourth-order valence-corrected chi connectivity index (χ4v) is 3.76. The molecule has 0 saturated heterocycles. The predicted molar refractivity (Wildman–Crippen MR) is 106 cm³/mol. The number of rotatable bonds is 5. The summed E-state index contributed by atoms with van der Waals surface area (Å²) in [6.45, 7) is 7.37. The standard InChI is InChI=1S/C22H24N2O/c1-4-5-6-11-25-16-7-8-20-18(12-16)21-14(2)19-13-23-10-9-17(19)15(3)22(21)24-20/h7-10,12-13,24H,4-6,11H2,1-3H3. The molecule has 2 aromatic heterocycles. The van der Waals surface area contributed by atoms with Gasteiger partial charge in [0.15, 0.2) is 0 Å². The van der Waals surface area contributed by atoms with Crippen molar-refractivity contribution in [2.45, 2.75) is 40.0 Å². The number of nitrogens with one attached hydrogen (secondary N) is 1. The maximum absolute atomic E-state index is 5.97. The van der Waals surface area contributed by atoms with Gasteiger partial charge in [-0.1, -0.05) is 19.8 Å². The van der Waals surface area contributed by atoms with Crippen molar-refractivity contribution in [2.75, 3.05) is 6.61 Å². The molecule has 0 saturated carbocycles. The van der Waals surface area contributed by atoms with Crippen molar-refractivity contribution in [3.05, 3.63) is 47.8 Å². The Kier molecular flexibility index (Phi) is 4.08. The molecule has 0 aliphatic carbocycles. The monoisotopic (exact) mass is 332 g/mol. The van der Waals surface area contributed by atoms with Crippen LogP contribution in [0.15, 0.2) is 36.7 Å². The molecule has 2 heterocycles. The minimum atomic E-state index is 0.784. The van der Waals surface area contributed by atoms with E-state index in [9.17, 15) is 0 Å². The first-order valence-corrected chi connectivity index (χ1v) is 9.12. The molecule has 25 heavy (non-hydrogen) atoms. The summed E-state index contributed by atoms with van der Waals surface area (Å²) in [5.74, 6) is 0.952. The van der Waals surface area contributed by atoms with Gasteiger partial charge in [0.1, 0.15) is 5.75 Å². The quantitative estimate of drug-likeness (QED) is 0.451. The Bertz CT molecular complexity index is 1060. The Morgan fingerprint density at radius 2 is 1.88 bits per heavy atom. The van der Waals surface area contributed by atoms with E-state index in [2.05, 4.69) is 55.0 Å². The molecule has 0 aliphatic heterocycles. The Labute approximate surface area is 148 Å². The number of aryl methyl sites for hydroxylation is 2. The number of fused-ring (bicyclic) bond motifs is 4. The van der Waals surface area contributed by atoms with Crippen LogP contribution in [0.3, 0.4) is 0 Å². The molecular weight excluding hydrogens is 308 g/mol. The van der Waals surface area contributed by atoms with Gasteiger partial charge in [0, 0.05) is 34.1 Å². The van der Waals surface area contributed by atoms with Crippen molar-refractivity contribution in [1.29, 1.82) is 0 Å². The van der Waals surface area contributed by atoms with Crippen molar-refractivity contribution in [1.82, 2.24) is 9.97 Å². The van der Waals surface area contributed by atoms with Crippen molar-refractivity contribution >= 4 is 32.6 Å². The van der Waals surface area contributed by atoms with E-state index in [-0.39, 0.29) is 0 Å². The van der Waals surface area contributed by atoms with Crippen LogP contribution in [0.5, 0.6) is 5.75 Å². The molecule has 4 rings (SSSR count). The Morgan fingerprint density at radius 3 is 2.72 bits per heavy atom. The molecule has 2 aromatic carbocycles. The summed E-state index contributed by atoms with van der Waals surface area (Å²) < 4.78 is 5.97. The van der Waals surface area contributed by atoms with Gasteiger partial charge >= 0.3 is 0 Å². The maximum Gasteiger partial charge on any atom is 0.120 e. The summed E-state index contributed by atoms with van der Waals surface area (Å²) in [5.41, 5.74) is 4.93. The fourth-order valence-electron chi connectivity index (χ4n) is 3.76. The van der Waals surface area contributed by atoms with Crippen LogP contribution in [0.1, 0.15) is 37.3 Å². The molecule has 3 nitrogen and oxygen atoms in total. The van der Waals surface area contributed by atoms with Crippen LogP contribution < -0.4 is 4.74 Å². The molecule has 4 aromatic rings. The highest BCUT2D eigenvalue weighted by Crippen LogP contribution is 2.37. The topological polar surface area (TPSA) is 37.9 Å². The number of H-pyrrole nitrogens is 1. The Hall–Kier alpha value is -2.55. The Balaban J connectivity index is 1.88. The average molecular weight is 332 g/mol.